The summed E-state index contributed by atoms with van der Waals surface area (Å²) in [5.74, 6) is -1.47. The first-order chi connectivity index (χ1) is 17.0. The van der Waals surface area contributed by atoms with E-state index in [2.05, 4.69) is 15.6 Å². The maximum absolute atomic E-state index is 14.2. The molecule has 0 bridgehead atoms. The first-order valence-corrected chi connectivity index (χ1v) is 11.2. The Morgan fingerprint density at radius 3 is 2.63 bits per heavy atom. The number of hydrogen-bond acceptors (Lipinski definition) is 5. The van der Waals surface area contributed by atoms with Crippen molar-refractivity contribution in [1.82, 2.24) is 20.3 Å². The summed E-state index contributed by atoms with van der Waals surface area (Å²) in [7, 11) is 1.52. The molecule has 0 radical (unpaired) electrons. The van der Waals surface area contributed by atoms with Gasteiger partial charge in [-0.25, -0.2) is 9.07 Å². The highest BCUT2D eigenvalue weighted by atomic mass is 35.5. The lowest BCUT2D eigenvalue weighted by Crippen LogP contribution is -2.46. The average Bonchev–Trinajstić information content (AvgIpc) is 3.26. The van der Waals surface area contributed by atoms with Gasteiger partial charge in [0.05, 0.1) is 12.1 Å². The normalized spacial score (nSPS) is 11.9. The van der Waals surface area contributed by atoms with E-state index < -0.39 is 23.7 Å². The number of para-hydroxylation sites is 1. The lowest BCUT2D eigenvalue weighted by molar-refractivity contribution is -0.127. The second kappa shape index (κ2) is 11.1. The second-order valence-corrected chi connectivity index (χ2v) is 8.15. The fraction of sp³-hybridized carbons (Fsp3) is 0.200. The van der Waals surface area contributed by atoms with Gasteiger partial charge in [0.25, 0.3) is 0 Å². The van der Waals surface area contributed by atoms with Crippen molar-refractivity contribution in [2.24, 2.45) is 0 Å². The number of halogens is 2. The Hall–Kier alpha value is -3.82. The van der Waals surface area contributed by atoms with Gasteiger partial charge in [-0.2, -0.15) is 0 Å². The summed E-state index contributed by atoms with van der Waals surface area (Å²) in [6.45, 7) is 0.308. The zero-order valence-corrected chi connectivity index (χ0v) is 19.7. The Balaban J connectivity index is 1.77. The smallest absolute Gasteiger partial charge is 0.249 e. The minimum atomic E-state index is -1.10. The highest BCUT2D eigenvalue weighted by molar-refractivity contribution is 6.30. The predicted octanol–water partition coefficient (Wildman–Crippen LogP) is 3.76. The number of anilines is 1. The van der Waals surface area contributed by atoms with Crippen LogP contribution in [0.25, 0.3) is 11.0 Å². The van der Waals surface area contributed by atoms with Crippen molar-refractivity contribution in [2.45, 2.75) is 12.6 Å². The third-order valence-corrected chi connectivity index (χ3v) is 5.61. The van der Waals surface area contributed by atoms with Crippen LogP contribution in [0.5, 0.6) is 0 Å². The molecule has 2 amide bonds. The lowest BCUT2D eigenvalue weighted by atomic mass is 10.0. The van der Waals surface area contributed by atoms with Crippen molar-refractivity contribution in [3.05, 3.63) is 89.2 Å². The first kappa shape index (κ1) is 24.3. The maximum atomic E-state index is 14.2. The SMILES string of the molecule is COCCNC(=O)[C@@H](c1ccc(Cl)cc1)N(C(=O)Cn1nnc2ccccc21)c1cccc(F)c1. The van der Waals surface area contributed by atoms with Gasteiger partial charge < -0.3 is 10.1 Å². The molecule has 0 fully saturated rings. The monoisotopic (exact) mass is 495 g/mol. The quantitative estimate of drug-likeness (QED) is 0.357. The van der Waals surface area contributed by atoms with Gasteiger partial charge in [-0.1, -0.05) is 47.1 Å². The summed E-state index contributed by atoms with van der Waals surface area (Å²) >= 11 is 6.06. The molecular formula is C25H23ClFN5O3. The van der Waals surface area contributed by atoms with Crippen LogP contribution in [0.2, 0.25) is 5.02 Å². The molecule has 0 spiro atoms. The van der Waals surface area contributed by atoms with Gasteiger partial charge in [0.2, 0.25) is 11.8 Å². The largest absolute Gasteiger partial charge is 0.383 e. The third-order valence-electron chi connectivity index (χ3n) is 5.36. The lowest BCUT2D eigenvalue weighted by Gasteiger charge is -2.31. The summed E-state index contributed by atoms with van der Waals surface area (Å²) in [4.78, 5) is 28.4. The summed E-state index contributed by atoms with van der Waals surface area (Å²) in [5, 5.41) is 11.4. The fourth-order valence-electron chi connectivity index (χ4n) is 3.74. The van der Waals surface area contributed by atoms with Gasteiger partial charge in [-0.3, -0.25) is 14.5 Å². The molecule has 8 nitrogen and oxygen atoms in total. The van der Waals surface area contributed by atoms with Gasteiger partial charge >= 0.3 is 0 Å². The van der Waals surface area contributed by atoms with Crippen LogP contribution in [0.1, 0.15) is 11.6 Å². The van der Waals surface area contributed by atoms with E-state index in [1.807, 2.05) is 12.1 Å². The molecule has 1 heterocycles. The minimum absolute atomic E-state index is 0.216. The number of fused-ring (bicyclic) bond motifs is 1. The molecule has 0 saturated heterocycles. The van der Waals surface area contributed by atoms with E-state index in [9.17, 15) is 14.0 Å². The molecule has 0 aliphatic rings. The molecule has 1 atom stereocenters. The summed E-state index contributed by atoms with van der Waals surface area (Å²) < 4.78 is 20.7. The number of ether oxygens (including phenoxy) is 1. The Labute approximate surface area is 206 Å². The molecular weight excluding hydrogens is 473 g/mol. The van der Waals surface area contributed by atoms with Crippen molar-refractivity contribution in [3.8, 4) is 0 Å². The number of methoxy groups -OCH3 is 1. The zero-order chi connectivity index (χ0) is 24.8. The topological polar surface area (TPSA) is 89.4 Å². The zero-order valence-electron chi connectivity index (χ0n) is 18.9. The predicted molar refractivity (Wildman–Crippen MR) is 130 cm³/mol. The maximum Gasteiger partial charge on any atom is 0.249 e. The van der Waals surface area contributed by atoms with Crippen LogP contribution in [0, 0.1) is 5.82 Å². The molecule has 0 aliphatic heterocycles. The number of carbonyl (C=O) groups is 2. The number of amides is 2. The van der Waals surface area contributed by atoms with Crippen LogP contribution in [0.3, 0.4) is 0 Å². The number of nitrogens with one attached hydrogen (secondary N) is 1. The van der Waals surface area contributed by atoms with Crippen molar-refractivity contribution in [3.63, 3.8) is 0 Å². The van der Waals surface area contributed by atoms with Crippen molar-refractivity contribution < 1.29 is 18.7 Å². The number of rotatable bonds is 9. The molecule has 35 heavy (non-hydrogen) atoms. The highest BCUT2D eigenvalue weighted by Crippen LogP contribution is 2.30. The van der Waals surface area contributed by atoms with E-state index in [0.717, 1.165) is 0 Å². The van der Waals surface area contributed by atoms with Crippen LogP contribution >= 0.6 is 11.6 Å². The summed E-state index contributed by atoms with van der Waals surface area (Å²) in [6, 6.07) is 18.2. The van der Waals surface area contributed by atoms with E-state index in [4.69, 9.17) is 16.3 Å². The van der Waals surface area contributed by atoms with Crippen LogP contribution in [-0.4, -0.2) is 47.1 Å². The number of aromatic nitrogens is 3. The van der Waals surface area contributed by atoms with Crippen molar-refractivity contribution >= 4 is 40.1 Å². The van der Waals surface area contributed by atoms with Crippen LogP contribution < -0.4 is 10.2 Å². The van der Waals surface area contributed by atoms with Crippen LogP contribution in [-0.2, 0) is 20.9 Å². The number of benzene rings is 3. The Bertz CT molecular complexity index is 1330. The van der Waals surface area contributed by atoms with Crippen molar-refractivity contribution in [2.75, 3.05) is 25.2 Å². The molecule has 0 saturated carbocycles. The fourth-order valence-corrected chi connectivity index (χ4v) is 3.86. The highest BCUT2D eigenvalue weighted by Gasteiger charge is 2.33. The van der Waals surface area contributed by atoms with Crippen LogP contribution in [0.15, 0.2) is 72.8 Å². The van der Waals surface area contributed by atoms with E-state index in [-0.39, 0.29) is 25.4 Å². The molecule has 1 aromatic heterocycles. The molecule has 4 rings (SSSR count). The number of nitrogens with zero attached hydrogens (tertiary/aromatic N) is 4. The van der Waals surface area contributed by atoms with E-state index in [0.29, 0.717) is 21.6 Å². The minimum Gasteiger partial charge on any atom is -0.383 e. The molecule has 180 valence electrons. The second-order valence-electron chi connectivity index (χ2n) is 7.72. The first-order valence-electron chi connectivity index (χ1n) is 10.9. The molecule has 0 aliphatic carbocycles. The van der Waals surface area contributed by atoms with E-state index in [1.165, 1.54) is 34.9 Å². The molecule has 0 unspecified atom stereocenters. The summed E-state index contributed by atoms with van der Waals surface area (Å²) in [5.41, 5.74) is 2.02. The standard InChI is InChI=1S/C25H23ClFN5O3/c1-35-14-13-28-25(34)24(17-9-11-18(26)12-10-17)32(20-6-4-5-19(27)15-20)23(33)16-31-22-8-3-2-7-21(22)29-30-31/h2-12,15,24H,13-14,16H2,1H3,(H,28,34)/t24-/m1/s1. The average molecular weight is 496 g/mol. The Morgan fingerprint density at radius 2 is 1.89 bits per heavy atom. The van der Waals surface area contributed by atoms with Gasteiger partial charge in [0.1, 0.15) is 23.9 Å². The molecule has 1 N–H and O–H groups in total. The van der Waals surface area contributed by atoms with Gasteiger partial charge in [-0.15, -0.1) is 5.10 Å². The number of carbonyl (C=O) groups excluding carboxylic acids is 2. The van der Waals surface area contributed by atoms with Gasteiger partial charge in [0.15, 0.2) is 0 Å². The number of hydrogen-bond donors (Lipinski definition) is 1. The third kappa shape index (κ3) is 5.64. The van der Waals surface area contributed by atoms with Crippen LogP contribution in [0.4, 0.5) is 10.1 Å². The van der Waals surface area contributed by atoms with Crippen molar-refractivity contribution in [1.29, 1.82) is 0 Å². The van der Waals surface area contributed by atoms with E-state index in [1.54, 1.807) is 42.5 Å². The van der Waals surface area contributed by atoms with E-state index >= 15 is 0 Å². The van der Waals surface area contributed by atoms with Gasteiger partial charge in [-0.05, 0) is 48.0 Å². The molecule has 10 heteroatoms. The summed E-state index contributed by atoms with van der Waals surface area (Å²) in [6.07, 6.45) is 0. The Kier molecular flexibility index (Phi) is 7.69. The molecule has 3 aromatic carbocycles. The Morgan fingerprint density at radius 1 is 1.11 bits per heavy atom. The molecule has 4 aromatic rings. The van der Waals surface area contributed by atoms with Gasteiger partial charge in [0, 0.05) is 24.4 Å².